The van der Waals surface area contributed by atoms with Crippen LogP contribution in [0.25, 0.3) is 33.5 Å². The second kappa shape index (κ2) is 17.7. The lowest BCUT2D eigenvalue weighted by Gasteiger charge is -2.30. The number of ether oxygens (including phenoxy) is 2. The van der Waals surface area contributed by atoms with Crippen LogP contribution in [0.15, 0.2) is 66.9 Å². The van der Waals surface area contributed by atoms with Crippen LogP contribution in [0.2, 0.25) is 0 Å². The van der Waals surface area contributed by atoms with Gasteiger partial charge < -0.3 is 40.2 Å². The fraction of sp³-hybridized carbons (Fsp3) is 0.422. The molecule has 0 spiro atoms. The molecule has 7 rings (SSSR count). The summed E-state index contributed by atoms with van der Waals surface area (Å²) >= 11 is 0. The van der Waals surface area contributed by atoms with Crippen LogP contribution in [-0.2, 0) is 29.8 Å². The van der Waals surface area contributed by atoms with Crippen LogP contribution < -0.4 is 16.0 Å². The molecule has 0 radical (unpaired) electrons. The van der Waals surface area contributed by atoms with Crippen LogP contribution in [0.4, 0.5) is 32.8 Å². The molecule has 2 saturated heterocycles. The number of benzene rings is 3. The van der Waals surface area contributed by atoms with E-state index in [2.05, 4.69) is 35.4 Å². The van der Waals surface area contributed by atoms with Crippen LogP contribution in [0.1, 0.15) is 63.5 Å². The van der Waals surface area contributed by atoms with Crippen LogP contribution >= 0.6 is 0 Å². The number of nitrogens with zero attached hydrogens (tertiary/aromatic N) is 3. The average molecular weight is 876 g/mol. The Bertz CT molecular complexity index is 2410. The number of H-pyrrole nitrogens is 1. The molecule has 1 aromatic heterocycles. The molecule has 3 aliphatic rings. The van der Waals surface area contributed by atoms with E-state index in [9.17, 15) is 32.8 Å². The number of imidazole rings is 1. The number of aromatic nitrogens is 2. The molecule has 4 aromatic rings. The Morgan fingerprint density at radius 2 is 1.25 bits per heavy atom. The Kier molecular flexibility index (Phi) is 12.5. The van der Waals surface area contributed by atoms with Gasteiger partial charge in [0.2, 0.25) is 17.7 Å². The van der Waals surface area contributed by atoms with E-state index in [0.717, 1.165) is 12.0 Å². The third kappa shape index (κ3) is 8.80. The monoisotopic (exact) mass is 875 g/mol. The van der Waals surface area contributed by atoms with Gasteiger partial charge in [0.05, 0.1) is 45.2 Å². The summed E-state index contributed by atoms with van der Waals surface area (Å²) in [5.74, 6) is -5.66. The number of hydrogen-bond donors (Lipinski definition) is 4. The van der Waals surface area contributed by atoms with Gasteiger partial charge >= 0.3 is 12.2 Å². The van der Waals surface area contributed by atoms with E-state index in [1.54, 1.807) is 70.3 Å². The van der Waals surface area contributed by atoms with Gasteiger partial charge in [-0.15, -0.1) is 0 Å². The van der Waals surface area contributed by atoms with Gasteiger partial charge in [-0.2, -0.15) is 8.78 Å². The summed E-state index contributed by atoms with van der Waals surface area (Å²) in [5, 5.41) is 7.58. The highest BCUT2D eigenvalue weighted by molar-refractivity contribution is 5.99. The molecule has 14 nitrogen and oxygen atoms in total. The third-order valence-electron chi connectivity index (χ3n) is 11.9. The highest BCUT2D eigenvalue weighted by atomic mass is 19.3. The van der Waals surface area contributed by atoms with Gasteiger partial charge in [0.25, 0.3) is 5.92 Å². The lowest BCUT2D eigenvalue weighted by atomic mass is 9.97. The summed E-state index contributed by atoms with van der Waals surface area (Å²) in [6.45, 7) is 6.35. The number of rotatable bonds is 11. The third-order valence-corrected chi connectivity index (χ3v) is 11.9. The minimum Gasteiger partial charge on any atom is -0.453 e. The molecule has 0 unspecified atom stereocenters. The van der Waals surface area contributed by atoms with Crippen molar-refractivity contribution in [1.82, 2.24) is 30.4 Å². The van der Waals surface area contributed by atoms with Gasteiger partial charge in [-0.1, -0.05) is 70.2 Å². The molecule has 0 saturated carbocycles. The Morgan fingerprint density at radius 1 is 0.730 bits per heavy atom. The van der Waals surface area contributed by atoms with Crippen molar-refractivity contribution in [2.45, 2.75) is 83.0 Å². The molecule has 18 heteroatoms. The van der Waals surface area contributed by atoms with Crippen molar-refractivity contribution < 1.29 is 51.0 Å². The van der Waals surface area contributed by atoms with Crippen LogP contribution in [0.5, 0.6) is 0 Å². The first-order valence-corrected chi connectivity index (χ1v) is 20.6. The molecule has 63 heavy (non-hydrogen) atoms. The predicted molar refractivity (Wildman–Crippen MR) is 224 cm³/mol. The van der Waals surface area contributed by atoms with Gasteiger partial charge in [0, 0.05) is 29.7 Å². The molecule has 334 valence electrons. The summed E-state index contributed by atoms with van der Waals surface area (Å²) in [4.78, 5) is 74.5. The highest BCUT2D eigenvalue weighted by Gasteiger charge is 2.46. The first-order chi connectivity index (χ1) is 29.9. The molecule has 5 amide bonds. The summed E-state index contributed by atoms with van der Waals surface area (Å²) in [7, 11) is 2.33. The second-order valence-corrected chi connectivity index (χ2v) is 16.7. The molecular weight excluding hydrogens is 827 g/mol. The number of amides is 5. The van der Waals surface area contributed by atoms with E-state index in [4.69, 9.17) is 0 Å². The zero-order valence-corrected chi connectivity index (χ0v) is 35.5. The number of alkyl carbamates (subject to hydrolysis) is 2. The molecule has 1 aliphatic carbocycles. The Morgan fingerprint density at radius 3 is 1.86 bits per heavy atom. The second-order valence-electron chi connectivity index (χ2n) is 16.7. The van der Waals surface area contributed by atoms with E-state index in [1.807, 2.05) is 0 Å². The number of halogens is 4. The molecule has 6 atom stereocenters. The summed E-state index contributed by atoms with van der Waals surface area (Å²) in [5.41, 5.74) is 2.54. The number of carbonyl (C=O) groups excluding carboxylic acids is 5. The minimum absolute atomic E-state index is 0.0174. The molecule has 3 aromatic carbocycles. The number of likely N-dealkylation sites (tertiary alicyclic amines) is 2. The maximum Gasteiger partial charge on any atom is 0.407 e. The molecule has 2 fully saturated rings. The Balaban J connectivity index is 1.05. The van der Waals surface area contributed by atoms with E-state index in [0.29, 0.717) is 33.8 Å². The summed E-state index contributed by atoms with van der Waals surface area (Å²) in [6, 6.07) is 12.1. The standard InChI is InChI=1S/C45H49F4N7O7/c1-22(2)37(53-43(60)62-5)41(58)55-20-27(46)16-35(55)39-50-19-34(52-39)25-9-7-24(8-10-25)26-11-13-30-31-14-12-29(18-33(31)45(48,49)32(30)15-26)51-40(57)36-17-28(47)21-56(36)42(59)38(23(3)4)54-44(61)63-6/h7-15,18-19,22-23,27-28,35-38H,16-17,20-21H2,1-6H3,(H,50,52)(H,51,57)(H,53,60)(H,54,61)/t27-,28-,35-,36-,37-,38-/m0/s1. The number of nitrogens with one attached hydrogen (secondary N) is 4. The van der Waals surface area contributed by atoms with Gasteiger partial charge in [-0.3, -0.25) is 14.4 Å². The van der Waals surface area contributed by atoms with Crippen LogP contribution in [0.3, 0.4) is 0 Å². The van der Waals surface area contributed by atoms with Crippen molar-refractivity contribution in [2.75, 3.05) is 32.6 Å². The van der Waals surface area contributed by atoms with E-state index >= 15 is 8.78 Å². The normalized spacial score (nSPS) is 20.8. The number of methoxy groups -OCH3 is 2. The highest BCUT2D eigenvalue weighted by Crippen LogP contribution is 2.52. The molecule has 3 heterocycles. The lowest BCUT2D eigenvalue weighted by Crippen LogP contribution is -2.54. The number of anilines is 1. The van der Waals surface area contributed by atoms with Gasteiger partial charge in [-0.25, -0.2) is 23.4 Å². The number of aromatic amines is 1. The zero-order chi connectivity index (χ0) is 45.5. The van der Waals surface area contributed by atoms with E-state index < -0.39 is 78.3 Å². The number of hydrogen-bond acceptors (Lipinski definition) is 8. The molecule has 2 aliphatic heterocycles. The fourth-order valence-electron chi connectivity index (χ4n) is 8.52. The van der Waals surface area contributed by atoms with Crippen molar-refractivity contribution in [3.05, 3.63) is 83.8 Å². The van der Waals surface area contributed by atoms with Crippen molar-refractivity contribution in [3.8, 4) is 33.5 Å². The maximum atomic E-state index is 16.3. The van der Waals surface area contributed by atoms with Crippen LogP contribution in [0, 0.1) is 11.8 Å². The molecular formula is C45H49F4N7O7. The van der Waals surface area contributed by atoms with Crippen molar-refractivity contribution in [1.29, 1.82) is 0 Å². The van der Waals surface area contributed by atoms with Gasteiger partial charge in [0.15, 0.2) is 0 Å². The first-order valence-electron chi connectivity index (χ1n) is 20.6. The van der Waals surface area contributed by atoms with Crippen molar-refractivity contribution >= 4 is 35.6 Å². The average Bonchev–Trinajstić information content (AvgIpc) is 4.05. The van der Waals surface area contributed by atoms with Crippen molar-refractivity contribution in [2.24, 2.45) is 11.8 Å². The maximum absolute atomic E-state index is 16.3. The summed E-state index contributed by atoms with van der Waals surface area (Å²) in [6.07, 6.45) is -3.16. The lowest BCUT2D eigenvalue weighted by molar-refractivity contribution is -0.139. The quantitative estimate of drug-likeness (QED) is 0.115. The number of fused-ring (bicyclic) bond motifs is 3. The van der Waals surface area contributed by atoms with E-state index in [-0.39, 0.29) is 54.2 Å². The number of carbonyl (C=O) groups is 5. The van der Waals surface area contributed by atoms with Gasteiger partial charge in [-0.05, 0) is 57.9 Å². The van der Waals surface area contributed by atoms with Crippen LogP contribution in [-0.4, -0.2) is 107 Å². The molecule has 0 bridgehead atoms. The largest absolute Gasteiger partial charge is 0.453 e. The molecule has 4 N–H and O–H groups in total. The topological polar surface area (TPSA) is 175 Å². The van der Waals surface area contributed by atoms with E-state index in [1.165, 1.54) is 36.3 Å². The minimum atomic E-state index is -3.45. The Hall–Kier alpha value is -6.46. The number of alkyl halides is 4. The zero-order valence-electron chi connectivity index (χ0n) is 35.5. The Labute approximate surface area is 361 Å². The fourth-order valence-corrected chi connectivity index (χ4v) is 8.52. The summed E-state index contributed by atoms with van der Waals surface area (Å²) < 4.78 is 71.4. The predicted octanol–water partition coefficient (Wildman–Crippen LogP) is 7.11. The smallest absolute Gasteiger partial charge is 0.407 e. The van der Waals surface area contributed by atoms with Crippen molar-refractivity contribution in [3.63, 3.8) is 0 Å². The SMILES string of the molecule is COC(=O)N[C@H](C(=O)N1C[C@@H](F)C[C@H]1C(=O)Nc1ccc2c(c1)C(F)(F)c1cc(-c3ccc(-c4cnc([C@@H]5C[C@H](F)CN5C(=O)[C@@H](NC(=O)OC)C(C)C)[nH]4)cc3)ccc1-2)C(C)C. The first kappa shape index (κ1) is 44.6. The van der Waals surface area contributed by atoms with Gasteiger partial charge in [0.1, 0.15) is 36.3 Å².